The predicted molar refractivity (Wildman–Crippen MR) is 47.8 cm³/mol. The SMILES string of the molecule is CNC(=O)CNCC(C)CCO. The molecule has 0 saturated heterocycles. The molecule has 3 N–H and O–H groups in total. The number of carbonyl (C=O) groups is 1. The van der Waals surface area contributed by atoms with E-state index in [9.17, 15) is 4.79 Å². The van der Waals surface area contributed by atoms with E-state index in [1.54, 1.807) is 7.05 Å². The summed E-state index contributed by atoms with van der Waals surface area (Å²) in [5.74, 6) is 0.408. The van der Waals surface area contributed by atoms with E-state index >= 15 is 0 Å². The Morgan fingerprint density at radius 2 is 2.25 bits per heavy atom. The molecule has 1 amide bonds. The van der Waals surface area contributed by atoms with Crippen LogP contribution in [0, 0.1) is 5.92 Å². The van der Waals surface area contributed by atoms with Gasteiger partial charge in [0, 0.05) is 13.7 Å². The van der Waals surface area contributed by atoms with Crippen molar-refractivity contribution in [3.05, 3.63) is 0 Å². The average molecular weight is 174 g/mol. The molecule has 0 aromatic rings. The van der Waals surface area contributed by atoms with Crippen molar-refractivity contribution in [1.82, 2.24) is 10.6 Å². The lowest BCUT2D eigenvalue weighted by molar-refractivity contribution is -0.119. The van der Waals surface area contributed by atoms with Crippen LogP contribution < -0.4 is 10.6 Å². The summed E-state index contributed by atoms with van der Waals surface area (Å²) in [5.41, 5.74) is 0. The molecular formula is C8H18N2O2. The summed E-state index contributed by atoms with van der Waals surface area (Å²) in [6, 6.07) is 0. The molecule has 0 rings (SSSR count). The lowest BCUT2D eigenvalue weighted by Crippen LogP contribution is -2.33. The second-order valence-corrected chi connectivity index (χ2v) is 2.92. The van der Waals surface area contributed by atoms with E-state index in [-0.39, 0.29) is 12.5 Å². The van der Waals surface area contributed by atoms with Crippen molar-refractivity contribution in [2.75, 3.05) is 26.7 Å². The molecule has 1 atom stereocenters. The first kappa shape index (κ1) is 11.4. The fraction of sp³-hybridized carbons (Fsp3) is 0.875. The van der Waals surface area contributed by atoms with Crippen molar-refractivity contribution in [2.24, 2.45) is 5.92 Å². The van der Waals surface area contributed by atoms with Crippen molar-refractivity contribution in [3.63, 3.8) is 0 Å². The van der Waals surface area contributed by atoms with Crippen molar-refractivity contribution >= 4 is 5.91 Å². The van der Waals surface area contributed by atoms with E-state index in [1.165, 1.54) is 0 Å². The van der Waals surface area contributed by atoms with Crippen LogP contribution in [0.3, 0.4) is 0 Å². The van der Waals surface area contributed by atoms with E-state index in [2.05, 4.69) is 10.6 Å². The van der Waals surface area contributed by atoms with Gasteiger partial charge in [-0.15, -0.1) is 0 Å². The smallest absolute Gasteiger partial charge is 0.233 e. The summed E-state index contributed by atoms with van der Waals surface area (Å²) >= 11 is 0. The molecule has 4 heteroatoms. The number of rotatable bonds is 6. The molecule has 0 heterocycles. The molecule has 72 valence electrons. The van der Waals surface area contributed by atoms with Crippen molar-refractivity contribution in [1.29, 1.82) is 0 Å². The average Bonchev–Trinajstić information content (AvgIpc) is 2.04. The third-order valence-corrected chi connectivity index (χ3v) is 1.68. The first-order valence-corrected chi connectivity index (χ1v) is 4.22. The third-order valence-electron chi connectivity index (χ3n) is 1.68. The lowest BCUT2D eigenvalue weighted by Gasteiger charge is -2.09. The van der Waals surface area contributed by atoms with Gasteiger partial charge in [-0.05, 0) is 18.9 Å². The Labute approximate surface area is 73.3 Å². The maximum atomic E-state index is 10.7. The van der Waals surface area contributed by atoms with Crippen molar-refractivity contribution in [2.45, 2.75) is 13.3 Å². The third kappa shape index (κ3) is 6.12. The topological polar surface area (TPSA) is 61.4 Å². The van der Waals surface area contributed by atoms with Crippen molar-refractivity contribution < 1.29 is 9.90 Å². The Morgan fingerprint density at radius 3 is 2.75 bits per heavy atom. The summed E-state index contributed by atoms with van der Waals surface area (Å²) in [5, 5.41) is 14.1. The molecule has 12 heavy (non-hydrogen) atoms. The van der Waals surface area contributed by atoms with Crippen LogP contribution in [0.2, 0.25) is 0 Å². The molecule has 0 aliphatic carbocycles. The highest BCUT2D eigenvalue weighted by Crippen LogP contribution is 1.96. The fourth-order valence-corrected chi connectivity index (χ4v) is 0.843. The van der Waals surface area contributed by atoms with Gasteiger partial charge in [0.1, 0.15) is 0 Å². The zero-order valence-electron chi connectivity index (χ0n) is 7.76. The molecule has 0 fully saturated rings. The maximum absolute atomic E-state index is 10.7. The normalized spacial score (nSPS) is 12.6. The van der Waals surface area contributed by atoms with Crippen molar-refractivity contribution in [3.8, 4) is 0 Å². The molecule has 0 radical (unpaired) electrons. The van der Waals surface area contributed by atoms with Gasteiger partial charge in [0.05, 0.1) is 6.54 Å². The quantitative estimate of drug-likeness (QED) is 0.501. The molecule has 1 unspecified atom stereocenters. The van der Waals surface area contributed by atoms with Gasteiger partial charge >= 0.3 is 0 Å². The summed E-state index contributed by atoms with van der Waals surface area (Å²) in [4.78, 5) is 10.7. The number of carbonyl (C=O) groups excluding carboxylic acids is 1. The molecule has 0 aliphatic rings. The van der Waals surface area contributed by atoms with Crippen LogP contribution in [0.4, 0.5) is 0 Å². The first-order valence-electron chi connectivity index (χ1n) is 4.22. The van der Waals surface area contributed by atoms with Gasteiger partial charge in [-0.2, -0.15) is 0 Å². The lowest BCUT2D eigenvalue weighted by atomic mass is 10.1. The highest BCUT2D eigenvalue weighted by atomic mass is 16.3. The second kappa shape index (κ2) is 7.06. The van der Waals surface area contributed by atoms with Gasteiger partial charge in [0.25, 0.3) is 0 Å². The summed E-state index contributed by atoms with van der Waals surface area (Å²) in [6.07, 6.45) is 0.779. The molecule has 4 nitrogen and oxygen atoms in total. The minimum absolute atomic E-state index is 0.00815. The van der Waals surface area contributed by atoms with Gasteiger partial charge in [-0.25, -0.2) is 0 Å². The molecule has 0 aromatic heterocycles. The number of hydrogen-bond donors (Lipinski definition) is 3. The van der Waals surface area contributed by atoms with Gasteiger partial charge in [-0.1, -0.05) is 6.92 Å². The van der Waals surface area contributed by atoms with Crippen LogP contribution in [0.25, 0.3) is 0 Å². The highest BCUT2D eigenvalue weighted by Gasteiger charge is 2.01. The first-order chi connectivity index (χ1) is 5.70. The largest absolute Gasteiger partial charge is 0.396 e. The molecule has 0 aromatic carbocycles. The number of nitrogens with one attached hydrogen (secondary N) is 2. The van der Waals surface area contributed by atoms with E-state index in [1.807, 2.05) is 6.92 Å². The molecule has 0 spiro atoms. The Balaban J connectivity index is 3.24. The zero-order valence-corrected chi connectivity index (χ0v) is 7.76. The molecule has 0 saturated carbocycles. The van der Waals surface area contributed by atoms with E-state index in [0.717, 1.165) is 13.0 Å². The molecular weight excluding hydrogens is 156 g/mol. The van der Waals surface area contributed by atoms with Gasteiger partial charge < -0.3 is 15.7 Å². The molecule has 0 aliphatic heterocycles. The Hall–Kier alpha value is -0.610. The summed E-state index contributed by atoms with van der Waals surface area (Å²) in [6.45, 7) is 3.37. The number of likely N-dealkylation sites (N-methyl/N-ethyl adjacent to an activating group) is 1. The number of aliphatic hydroxyl groups is 1. The summed E-state index contributed by atoms with van der Waals surface area (Å²) in [7, 11) is 1.61. The van der Waals surface area contributed by atoms with E-state index < -0.39 is 0 Å². The van der Waals surface area contributed by atoms with Crippen LogP contribution in [0.1, 0.15) is 13.3 Å². The molecule has 0 bridgehead atoms. The zero-order chi connectivity index (χ0) is 9.40. The predicted octanol–water partition coefficient (Wildman–Crippen LogP) is -0.659. The highest BCUT2D eigenvalue weighted by molar-refractivity contribution is 5.77. The standard InChI is InChI=1S/C8H18N2O2/c1-7(3-4-11)5-10-6-8(12)9-2/h7,10-11H,3-6H2,1-2H3,(H,9,12). The van der Waals surface area contributed by atoms with Crippen LogP contribution in [0.15, 0.2) is 0 Å². The number of hydrogen-bond acceptors (Lipinski definition) is 3. The summed E-state index contributed by atoms with van der Waals surface area (Å²) < 4.78 is 0. The number of amides is 1. The van der Waals surface area contributed by atoms with Crippen LogP contribution in [-0.4, -0.2) is 37.8 Å². The fourth-order valence-electron chi connectivity index (χ4n) is 0.843. The second-order valence-electron chi connectivity index (χ2n) is 2.92. The van der Waals surface area contributed by atoms with Crippen LogP contribution in [-0.2, 0) is 4.79 Å². The van der Waals surface area contributed by atoms with Crippen LogP contribution >= 0.6 is 0 Å². The maximum Gasteiger partial charge on any atom is 0.233 e. The van der Waals surface area contributed by atoms with Gasteiger partial charge in [0.2, 0.25) is 5.91 Å². The Morgan fingerprint density at radius 1 is 1.58 bits per heavy atom. The van der Waals surface area contributed by atoms with Gasteiger partial charge in [-0.3, -0.25) is 4.79 Å². The Bertz CT molecular complexity index is 128. The minimum atomic E-state index is -0.00815. The van der Waals surface area contributed by atoms with Crippen LogP contribution in [0.5, 0.6) is 0 Å². The monoisotopic (exact) mass is 174 g/mol. The number of aliphatic hydroxyl groups excluding tert-OH is 1. The van der Waals surface area contributed by atoms with E-state index in [0.29, 0.717) is 12.5 Å². The Kier molecular flexibility index (Phi) is 6.70. The minimum Gasteiger partial charge on any atom is -0.396 e. The van der Waals surface area contributed by atoms with Gasteiger partial charge in [0.15, 0.2) is 0 Å². The van der Waals surface area contributed by atoms with E-state index in [4.69, 9.17) is 5.11 Å².